The first-order chi connectivity index (χ1) is 12.2. The Morgan fingerprint density at radius 1 is 1.19 bits per heavy atom. The van der Waals surface area contributed by atoms with E-state index >= 15 is 0 Å². The van der Waals surface area contributed by atoms with Gasteiger partial charge < -0.3 is 15.1 Å². The molecule has 2 aliphatic heterocycles. The number of nitrogens with zero attached hydrogens (tertiary/aromatic N) is 3. The van der Waals surface area contributed by atoms with E-state index in [0.29, 0.717) is 17.1 Å². The lowest BCUT2D eigenvalue weighted by Crippen LogP contribution is -2.37. The van der Waals surface area contributed by atoms with Crippen molar-refractivity contribution in [1.82, 2.24) is 4.90 Å². The highest BCUT2D eigenvalue weighted by Gasteiger charge is 2.25. The zero-order valence-corrected chi connectivity index (χ0v) is 15.2. The third-order valence-corrected chi connectivity index (χ3v) is 5.23. The van der Waals surface area contributed by atoms with Crippen LogP contribution in [0.4, 0.5) is 11.4 Å². The number of amides is 2. The molecule has 2 aliphatic rings. The lowest BCUT2D eigenvalue weighted by atomic mass is 10.1. The normalized spacial score (nSPS) is 17.7. The number of sulfonamides is 1. The van der Waals surface area contributed by atoms with Crippen molar-refractivity contribution in [3.63, 3.8) is 0 Å². The van der Waals surface area contributed by atoms with Crippen molar-refractivity contribution in [3.8, 4) is 0 Å². The molecule has 0 aromatic heterocycles. The number of fused-ring (bicyclic) bond motifs is 1. The standard InChI is InChI=1S/C17H18N4O4S/c1-12(22)20(2)15-6-4-14(5-7-15)18-17(23)13-3-8-16-19-26(24,25)10-9-21(16)11-13/h3-8,11H,9-10H2,1-2H3,(H,18,23). The van der Waals surface area contributed by atoms with E-state index in [4.69, 9.17) is 0 Å². The minimum absolute atomic E-state index is 0.0825. The highest BCUT2D eigenvalue weighted by Crippen LogP contribution is 2.20. The van der Waals surface area contributed by atoms with E-state index in [2.05, 4.69) is 9.71 Å². The summed E-state index contributed by atoms with van der Waals surface area (Å²) in [6.07, 6.45) is 4.63. The van der Waals surface area contributed by atoms with E-state index in [1.807, 2.05) is 0 Å². The molecular formula is C17H18N4O4S. The van der Waals surface area contributed by atoms with E-state index in [1.54, 1.807) is 42.4 Å². The molecule has 0 radical (unpaired) electrons. The minimum atomic E-state index is -3.42. The number of amidine groups is 1. The van der Waals surface area contributed by atoms with Gasteiger partial charge in [-0.3, -0.25) is 9.59 Å². The second-order valence-corrected chi connectivity index (χ2v) is 7.68. The molecule has 1 N–H and O–H groups in total. The molecule has 1 aromatic rings. The number of rotatable bonds is 3. The van der Waals surface area contributed by atoms with Gasteiger partial charge in [0.25, 0.3) is 15.9 Å². The largest absolute Gasteiger partial charge is 0.330 e. The van der Waals surface area contributed by atoms with Gasteiger partial charge in [0.15, 0.2) is 0 Å². The molecule has 0 fully saturated rings. The van der Waals surface area contributed by atoms with Crippen LogP contribution >= 0.6 is 0 Å². The zero-order valence-electron chi connectivity index (χ0n) is 14.3. The molecular weight excluding hydrogens is 356 g/mol. The van der Waals surface area contributed by atoms with Crippen LogP contribution in [-0.2, 0) is 19.6 Å². The van der Waals surface area contributed by atoms with Crippen LogP contribution < -0.4 is 10.2 Å². The number of nitrogens with one attached hydrogen (secondary N) is 1. The summed E-state index contributed by atoms with van der Waals surface area (Å²) < 4.78 is 26.7. The highest BCUT2D eigenvalue weighted by molar-refractivity contribution is 7.90. The quantitative estimate of drug-likeness (QED) is 0.854. The highest BCUT2D eigenvalue weighted by atomic mass is 32.2. The van der Waals surface area contributed by atoms with Gasteiger partial charge in [-0.25, -0.2) is 8.42 Å². The van der Waals surface area contributed by atoms with Crippen LogP contribution in [0.5, 0.6) is 0 Å². The molecule has 136 valence electrons. The lowest BCUT2D eigenvalue weighted by molar-refractivity contribution is -0.116. The fraction of sp³-hybridized carbons (Fsp3) is 0.235. The Balaban J connectivity index is 1.71. The molecule has 0 aliphatic carbocycles. The second-order valence-electron chi connectivity index (χ2n) is 5.93. The number of hydrogen-bond acceptors (Lipinski definition) is 5. The van der Waals surface area contributed by atoms with Gasteiger partial charge in [-0.2, -0.15) is 0 Å². The van der Waals surface area contributed by atoms with Gasteiger partial charge in [-0.05, 0) is 36.4 Å². The van der Waals surface area contributed by atoms with Crippen molar-refractivity contribution in [2.24, 2.45) is 4.40 Å². The Kier molecular flexibility index (Phi) is 4.64. The Morgan fingerprint density at radius 2 is 1.88 bits per heavy atom. The van der Waals surface area contributed by atoms with Gasteiger partial charge in [-0.15, -0.1) is 4.40 Å². The van der Waals surface area contributed by atoms with E-state index in [9.17, 15) is 18.0 Å². The van der Waals surface area contributed by atoms with Gasteiger partial charge in [0.05, 0.1) is 11.3 Å². The van der Waals surface area contributed by atoms with Crippen LogP contribution in [0.3, 0.4) is 0 Å². The van der Waals surface area contributed by atoms with Crippen LogP contribution in [0.25, 0.3) is 0 Å². The molecule has 8 nitrogen and oxygen atoms in total. The molecule has 0 unspecified atom stereocenters. The van der Waals surface area contributed by atoms with Crippen molar-refractivity contribution >= 4 is 39.0 Å². The number of carbonyl (C=O) groups excluding carboxylic acids is 2. The molecule has 3 rings (SSSR count). The van der Waals surface area contributed by atoms with Crippen molar-refractivity contribution in [3.05, 3.63) is 48.2 Å². The molecule has 9 heteroatoms. The zero-order chi connectivity index (χ0) is 18.9. The Morgan fingerprint density at radius 3 is 2.54 bits per heavy atom. The molecule has 2 heterocycles. The number of benzene rings is 1. The van der Waals surface area contributed by atoms with E-state index in [-0.39, 0.29) is 24.1 Å². The summed E-state index contributed by atoms with van der Waals surface area (Å²) in [7, 11) is -1.75. The third-order valence-electron chi connectivity index (χ3n) is 4.07. The van der Waals surface area contributed by atoms with Gasteiger partial charge in [-0.1, -0.05) is 0 Å². The molecule has 26 heavy (non-hydrogen) atoms. The molecule has 1 aromatic carbocycles. The summed E-state index contributed by atoms with van der Waals surface area (Å²) in [5.74, 6) is -0.174. The van der Waals surface area contributed by atoms with Gasteiger partial charge >= 0.3 is 0 Å². The SMILES string of the molecule is CC(=O)N(C)c1ccc(NC(=O)C2=CN3CCS(=O)(=O)N=C3C=C2)cc1. The summed E-state index contributed by atoms with van der Waals surface area (Å²) in [6.45, 7) is 1.73. The molecule has 0 saturated carbocycles. The maximum Gasteiger partial charge on any atom is 0.257 e. The van der Waals surface area contributed by atoms with Gasteiger partial charge in [0, 0.05) is 38.1 Å². The maximum absolute atomic E-state index is 12.4. The molecule has 0 bridgehead atoms. The monoisotopic (exact) mass is 374 g/mol. The maximum atomic E-state index is 12.4. The average molecular weight is 374 g/mol. The summed E-state index contributed by atoms with van der Waals surface area (Å²) >= 11 is 0. The van der Waals surface area contributed by atoms with E-state index < -0.39 is 10.0 Å². The van der Waals surface area contributed by atoms with Crippen molar-refractivity contribution in [2.45, 2.75) is 6.92 Å². The average Bonchev–Trinajstić information content (AvgIpc) is 2.60. The van der Waals surface area contributed by atoms with Crippen LogP contribution in [0.2, 0.25) is 0 Å². The van der Waals surface area contributed by atoms with Crippen LogP contribution in [0.1, 0.15) is 6.92 Å². The Hall–Kier alpha value is -2.94. The van der Waals surface area contributed by atoms with Crippen LogP contribution in [-0.4, -0.2) is 50.3 Å². The van der Waals surface area contributed by atoms with Gasteiger partial charge in [0.1, 0.15) is 5.84 Å². The first-order valence-corrected chi connectivity index (χ1v) is 9.51. The molecule has 0 spiro atoms. The van der Waals surface area contributed by atoms with Crippen molar-refractivity contribution in [2.75, 3.05) is 29.6 Å². The van der Waals surface area contributed by atoms with Crippen molar-refractivity contribution < 1.29 is 18.0 Å². The summed E-state index contributed by atoms with van der Waals surface area (Å²) in [4.78, 5) is 26.9. The number of hydrogen-bond donors (Lipinski definition) is 1. The number of anilines is 2. The predicted molar refractivity (Wildman–Crippen MR) is 99.3 cm³/mol. The summed E-state index contributed by atoms with van der Waals surface area (Å²) in [5, 5.41) is 2.77. The molecule has 0 saturated heterocycles. The Bertz CT molecular complexity index is 945. The molecule has 0 atom stereocenters. The number of carbonyl (C=O) groups is 2. The van der Waals surface area contributed by atoms with Crippen LogP contribution in [0, 0.1) is 0 Å². The minimum Gasteiger partial charge on any atom is -0.330 e. The Labute approximate surface area is 151 Å². The van der Waals surface area contributed by atoms with E-state index in [1.165, 1.54) is 24.0 Å². The van der Waals surface area contributed by atoms with Crippen molar-refractivity contribution in [1.29, 1.82) is 0 Å². The predicted octanol–water partition coefficient (Wildman–Crippen LogP) is 1.11. The fourth-order valence-electron chi connectivity index (χ4n) is 2.49. The third kappa shape index (κ3) is 3.83. The fourth-order valence-corrected chi connectivity index (χ4v) is 3.46. The van der Waals surface area contributed by atoms with E-state index in [0.717, 1.165) is 5.69 Å². The first kappa shape index (κ1) is 17.9. The first-order valence-electron chi connectivity index (χ1n) is 7.90. The van der Waals surface area contributed by atoms with Gasteiger partial charge in [0.2, 0.25) is 5.91 Å². The summed E-state index contributed by atoms with van der Waals surface area (Å²) in [5.41, 5.74) is 1.71. The summed E-state index contributed by atoms with van der Waals surface area (Å²) in [6, 6.07) is 6.89. The second kappa shape index (κ2) is 6.75. The topological polar surface area (TPSA) is 99.1 Å². The van der Waals surface area contributed by atoms with Crippen LogP contribution in [0.15, 0.2) is 52.6 Å². The smallest absolute Gasteiger partial charge is 0.257 e. The lowest BCUT2D eigenvalue weighted by Gasteiger charge is -2.27. The molecule has 2 amide bonds.